The lowest BCUT2D eigenvalue weighted by Crippen LogP contribution is -2.19. The second kappa shape index (κ2) is 4.00. The van der Waals surface area contributed by atoms with Crippen molar-refractivity contribution in [1.29, 1.82) is 0 Å². The third-order valence-electron chi connectivity index (χ3n) is 1.32. The fraction of sp³-hybridized carbons (Fsp3) is 0. The van der Waals surface area contributed by atoms with Gasteiger partial charge in [0.15, 0.2) is 5.11 Å². The van der Waals surface area contributed by atoms with Gasteiger partial charge >= 0.3 is 0 Å². The van der Waals surface area contributed by atoms with Crippen LogP contribution in [0.3, 0.4) is 0 Å². The molecular formula is C7H6Cl2N2OS. The summed E-state index contributed by atoms with van der Waals surface area (Å²) in [7, 11) is 0. The summed E-state index contributed by atoms with van der Waals surface area (Å²) in [5, 5.41) is 12.3. The molecule has 1 aromatic carbocycles. The van der Waals surface area contributed by atoms with Crippen LogP contribution in [0.4, 0.5) is 5.69 Å². The Kier molecular flexibility index (Phi) is 3.19. The number of benzene rings is 1. The van der Waals surface area contributed by atoms with E-state index in [1.165, 1.54) is 12.1 Å². The van der Waals surface area contributed by atoms with E-state index in [2.05, 4.69) is 17.5 Å². The predicted molar refractivity (Wildman–Crippen MR) is 58.5 cm³/mol. The minimum atomic E-state index is -0.0789. The molecule has 70 valence electrons. The zero-order valence-corrected chi connectivity index (χ0v) is 8.67. The molecule has 0 saturated carbocycles. The van der Waals surface area contributed by atoms with Gasteiger partial charge in [0, 0.05) is 0 Å². The minimum absolute atomic E-state index is 0.0365. The van der Waals surface area contributed by atoms with Crippen LogP contribution < -0.4 is 11.1 Å². The van der Waals surface area contributed by atoms with Gasteiger partial charge in [0.25, 0.3) is 0 Å². The van der Waals surface area contributed by atoms with E-state index in [1.54, 1.807) is 0 Å². The van der Waals surface area contributed by atoms with Crippen molar-refractivity contribution in [3.63, 3.8) is 0 Å². The van der Waals surface area contributed by atoms with Gasteiger partial charge in [-0.1, -0.05) is 23.2 Å². The summed E-state index contributed by atoms with van der Waals surface area (Å²) in [6.45, 7) is 0. The Balaban J connectivity index is 3.17. The Morgan fingerprint density at radius 2 is 2.08 bits per heavy atom. The quantitative estimate of drug-likeness (QED) is 0.656. The van der Waals surface area contributed by atoms with Crippen molar-refractivity contribution in [2.24, 2.45) is 5.73 Å². The first-order valence-corrected chi connectivity index (χ1v) is 4.42. The Morgan fingerprint density at radius 1 is 1.46 bits per heavy atom. The largest absolute Gasteiger partial charge is 0.506 e. The van der Waals surface area contributed by atoms with Gasteiger partial charge in [-0.25, -0.2) is 0 Å². The second-order valence-corrected chi connectivity index (χ2v) is 3.47. The van der Waals surface area contributed by atoms with Gasteiger partial charge in [-0.05, 0) is 24.4 Å². The predicted octanol–water partition coefficient (Wildman–Crippen LogP) is 2.35. The third-order valence-corrected chi connectivity index (χ3v) is 2.12. The molecule has 0 aliphatic carbocycles. The molecule has 0 aliphatic heterocycles. The van der Waals surface area contributed by atoms with E-state index in [9.17, 15) is 5.11 Å². The summed E-state index contributed by atoms with van der Waals surface area (Å²) in [4.78, 5) is 0. The standard InChI is InChI=1S/C7H6Cl2N2OS/c8-3-1-2-4(12)5(9)6(3)11-7(10)13/h1-2,12H,(H3,10,11,13). The smallest absolute Gasteiger partial charge is 0.168 e. The van der Waals surface area contributed by atoms with Crippen LogP contribution >= 0.6 is 35.4 Å². The molecule has 1 rings (SSSR count). The maximum atomic E-state index is 9.22. The summed E-state index contributed by atoms with van der Waals surface area (Å²) in [5.41, 5.74) is 5.55. The summed E-state index contributed by atoms with van der Waals surface area (Å²) in [6.07, 6.45) is 0. The van der Waals surface area contributed by atoms with Crippen molar-refractivity contribution >= 4 is 46.2 Å². The lowest BCUT2D eigenvalue weighted by molar-refractivity contribution is 0.476. The van der Waals surface area contributed by atoms with Crippen molar-refractivity contribution in [2.75, 3.05) is 5.32 Å². The number of nitrogens with two attached hydrogens (primary N) is 1. The normalized spacial score (nSPS) is 9.69. The number of phenols is 1. The van der Waals surface area contributed by atoms with E-state index in [4.69, 9.17) is 28.9 Å². The van der Waals surface area contributed by atoms with Crippen LogP contribution in [-0.2, 0) is 0 Å². The molecule has 6 heteroatoms. The molecular weight excluding hydrogens is 231 g/mol. The molecule has 13 heavy (non-hydrogen) atoms. The molecule has 0 fully saturated rings. The highest BCUT2D eigenvalue weighted by atomic mass is 35.5. The molecule has 0 amide bonds. The lowest BCUT2D eigenvalue weighted by atomic mass is 10.3. The Hall–Kier alpha value is -0.710. The minimum Gasteiger partial charge on any atom is -0.506 e. The maximum absolute atomic E-state index is 9.22. The maximum Gasteiger partial charge on any atom is 0.168 e. The molecule has 0 aliphatic rings. The van der Waals surface area contributed by atoms with Crippen LogP contribution in [0.25, 0.3) is 0 Å². The van der Waals surface area contributed by atoms with E-state index in [-0.39, 0.29) is 15.9 Å². The number of anilines is 1. The van der Waals surface area contributed by atoms with Gasteiger partial charge in [0.1, 0.15) is 10.8 Å². The van der Waals surface area contributed by atoms with E-state index in [0.717, 1.165) is 0 Å². The van der Waals surface area contributed by atoms with Crippen LogP contribution in [0, 0.1) is 0 Å². The summed E-state index contributed by atoms with van der Waals surface area (Å²) < 4.78 is 0. The molecule has 4 N–H and O–H groups in total. The molecule has 0 unspecified atom stereocenters. The number of aromatic hydroxyl groups is 1. The number of hydrogen-bond donors (Lipinski definition) is 3. The van der Waals surface area contributed by atoms with Crippen LogP contribution in [0.1, 0.15) is 0 Å². The van der Waals surface area contributed by atoms with Gasteiger partial charge in [-0.3, -0.25) is 0 Å². The molecule has 0 heterocycles. The molecule has 0 radical (unpaired) electrons. The summed E-state index contributed by atoms with van der Waals surface area (Å²) in [6, 6.07) is 2.87. The van der Waals surface area contributed by atoms with Crippen molar-refractivity contribution in [3.8, 4) is 5.75 Å². The SMILES string of the molecule is NC(=S)Nc1c(Cl)ccc(O)c1Cl. The zero-order valence-electron chi connectivity index (χ0n) is 6.34. The van der Waals surface area contributed by atoms with Gasteiger partial charge in [-0.15, -0.1) is 0 Å². The van der Waals surface area contributed by atoms with E-state index >= 15 is 0 Å². The fourth-order valence-electron chi connectivity index (χ4n) is 0.779. The lowest BCUT2D eigenvalue weighted by Gasteiger charge is -2.09. The Morgan fingerprint density at radius 3 is 2.62 bits per heavy atom. The van der Waals surface area contributed by atoms with Crippen LogP contribution in [0.15, 0.2) is 12.1 Å². The molecule has 0 saturated heterocycles. The number of halogens is 2. The molecule has 0 spiro atoms. The number of nitrogens with one attached hydrogen (secondary N) is 1. The topological polar surface area (TPSA) is 58.3 Å². The average molecular weight is 237 g/mol. The van der Waals surface area contributed by atoms with Crippen LogP contribution in [0.5, 0.6) is 5.75 Å². The number of phenolic OH excluding ortho intramolecular Hbond substituents is 1. The average Bonchev–Trinajstić information content (AvgIpc) is 2.05. The van der Waals surface area contributed by atoms with Crippen molar-refractivity contribution in [3.05, 3.63) is 22.2 Å². The molecule has 3 nitrogen and oxygen atoms in total. The van der Waals surface area contributed by atoms with Gasteiger partial charge < -0.3 is 16.2 Å². The number of hydrogen-bond acceptors (Lipinski definition) is 2. The monoisotopic (exact) mass is 236 g/mol. The summed E-state index contributed by atoms with van der Waals surface area (Å²) in [5.74, 6) is -0.0789. The molecule has 1 aromatic rings. The first-order chi connectivity index (χ1) is 6.02. The van der Waals surface area contributed by atoms with Crippen LogP contribution in [0.2, 0.25) is 10.0 Å². The van der Waals surface area contributed by atoms with Crippen molar-refractivity contribution in [1.82, 2.24) is 0 Å². The summed E-state index contributed by atoms with van der Waals surface area (Å²) >= 11 is 16.1. The number of thiocarbonyl (C=S) groups is 1. The fourth-order valence-corrected chi connectivity index (χ4v) is 1.35. The van der Waals surface area contributed by atoms with Crippen molar-refractivity contribution in [2.45, 2.75) is 0 Å². The van der Waals surface area contributed by atoms with Crippen LogP contribution in [-0.4, -0.2) is 10.2 Å². The first-order valence-electron chi connectivity index (χ1n) is 3.26. The van der Waals surface area contributed by atoms with Gasteiger partial charge in [0.2, 0.25) is 0 Å². The Labute approximate surface area is 90.4 Å². The first kappa shape index (κ1) is 10.4. The van der Waals surface area contributed by atoms with E-state index < -0.39 is 0 Å². The van der Waals surface area contributed by atoms with Gasteiger partial charge in [-0.2, -0.15) is 0 Å². The van der Waals surface area contributed by atoms with Crippen molar-refractivity contribution < 1.29 is 5.11 Å². The third kappa shape index (κ3) is 2.37. The molecule has 0 aromatic heterocycles. The zero-order chi connectivity index (χ0) is 10.0. The second-order valence-electron chi connectivity index (χ2n) is 2.24. The highest BCUT2D eigenvalue weighted by Gasteiger charge is 2.09. The Bertz CT molecular complexity index is 357. The van der Waals surface area contributed by atoms with E-state index in [0.29, 0.717) is 10.7 Å². The molecule has 0 atom stereocenters. The highest BCUT2D eigenvalue weighted by molar-refractivity contribution is 7.80. The van der Waals surface area contributed by atoms with Gasteiger partial charge in [0.05, 0.1) is 10.7 Å². The number of rotatable bonds is 1. The highest BCUT2D eigenvalue weighted by Crippen LogP contribution is 2.36. The molecule has 0 bridgehead atoms. The van der Waals surface area contributed by atoms with E-state index in [1.807, 2.05) is 0 Å².